The van der Waals surface area contributed by atoms with Gasteiger partial charge < -0.3 is 14.8 Å². The molecular formula is C18H19BrClN3O3. The van der Waals surface area contributed by atoms with Crippen molar-refractivity contribution in [1.29, 1.82) is 0 Å². The number of benzene rings is 2. The summed E-state index contributed by atoms with van der Waals surface area (Å²) < 4.78 is 11.9. The van der Waals surface area contributed by atoms with Gasteiger partial charge in [-0.05, 0) is 65.7 Å². The molecule has 0 atom stereocenters. The quantitative estimate of drug-likeness (QED) is 0.467. The number of urea groups is 1. The molecule has 0 saturated heterocycles. The zero-order valence-electron chi connectivity index (χ0n) is 14.4. The van der Waals surface area contributed by atoms with Crippen LogP contribution in [-0.2, 0) is 0 Å². The first kappa shape index (κ1) is 20.1. The van der Waals surface area contributed by atoms with Gasteiger partial charge in [0, 0.05) is 10.7 Å². The standard InChI is InChI=1S/C18H19BrClN3O3/c1-3-25-16-9-12(8-15(19)17(16)26-4-2)11-21-23-18(24)22-14-7-5-6-13(20)10-14/h5-11H,3-4H2,1-2H3,(H2,22,23,24)/b21-11-. The van der Waals surface area contributed by atoms with Gasteiger partial charge in [0.2, 0.25) is 0 Å². The normalized spacial score (nSPS) is 10.6. The molecule has 0 bridgehead atoms. The van der Waals surface area contributed by atoms with Crippen LogP contribution < -0.4 is 20.2 Å². The SMILES string of the molecule is CCOc1cc(/C=N\NC(=O)Nc2cccc(Cl)c2)cc(Br)c1OCC. The minimum absolute atomic E-state index is 0.474. The number of carbonyl (C=O) groups is 1. The lowest BCUT2D eigenvalue weighted by Crippen LogP contribution is -2.24. The first-order chi connectivity index (χ1) is 12.5. The molecule has 2 amide bonds. The van der Waals surface area contributed by atoms with Crippen molar-refractivity contribution in [3.8, 4) is 11.5 Å². The van der Waals surface area contributed by atoms with Crippen molar-refractivity contribution in [2.75, 3.05) is 18.5 Å². The fourth-order valence-corrected chi connectivity index (χ4v) is 2.87. The van der Waals surface area contributed by atoms with Gasteiger partial charge >= 0.3 is 6.03 Å². The van der Waals surface area contributed by atoms with Crippen molar-refractivity contribution >= 4 is 45.5 Å². The van der Waals surface area contributed by atoms with Crippen molar-refractivity contribution in [3.63, 3.8) is 0 Å². The zero-order chi connectivity index (χ0) is 18.9. The molecule has 0 spiro atoms. The van der Waals surface area contributed by atoms with Gasteiger partial charge in [-0.2, -0.15) is 5.10 Å². The minimum atomic E-state index is -0.474. The number of hydrogen-bond acceptors (Lipinski definition) is 4. The van der Waals surface area contributed by atoms with Crippen molar-refractivity contribution in [2.45, 2.75) is 13.8 Å². The number of halogens is 2. The fourth-order valence-electron chi connectivity index (χ4n) is 2.10. The second-order valence-electron chi connectivity index (χ2n) is 5.03. The molecule has 6 nitrogen and oxygen atoms in total. The van der Waals surface area contributed by atoms with E-state index in [2.05, 4.69) is 31.8 Å². The van der Waals surface area contributed by atoms with Gasteiger partial charge in [-0.15, -0.1) is 0 Å². The fraction of sp³-hybridized carbons (Fsp3) is 0.222. The first-order valence-electron chi connectivity index (χ1n) is 7.98. The van der Waals surface area contributed by atoms with Crippen LogP contribution in [0.25, 0.3) is 0 Å². The molecule has 0 aliphatic heterocycles. The van der Waals surface area contributed by atoms with Gasteiger partial charge in [0.25, 0.3) is 0 Å². The molecular weight excluding hydrogens is 422 g/mol. The van der Waals surface area contributed by atoms with Crippen LogP contribution in [0.1, 0.15) is 19.4 Å². The van der Waals surface area contributed by atoms with E-state index in [9.17, 15) is 4.79 Å². The van der Waals surface area contributed by atoms with Crippen LogP contribution in [0.5, 0.6) is 11.5 Å². The molecule has 8 heteroatoms. The molecule has 0 aliphatic carbocycles. The Labute approximate surface area is 165 Å². The molecule has 0 radical (unpaired) electrons. The number of rotatable bonds is 7. The highest BCUT2D eigenvalue weighted by atomic mass is 79.9. The van der Waals surface area contributed by atoms with E-state index in [1.165, 1.54) is 6.21 Å². The summed E-state index contributed by atoms with van der Waals surface area (Å²) in [5, 5.41) is 7.11. The van der Waals surface area contributed by atoms with Crippen LogP contribution in [0.3, 0.4) is 0 Å². The Kier molecular flexibility index (Phi) is 7.74. The number of ether oxygens (including phenoxy) is 2. The van der Waals surface area contributed by atoms with E-state index in [0.717, 1.165) is 10.0 Å². The minimum Gasteiger partial charge on any atom is -0.490 e. The molecule has 0 aliphatic rings. The largest absolute Gasteiger partial charge is 0.490 e. The van der Waals surface area contributed by atoms with Crippen molar-refractivity contribution in [3.05, 3.63) is 51.5 Å². The maximum atomic E-state index is 11.9. The third-order valence-electron chi connectivity index (χ3n) is 3.08. The second-order valence-corrected chi connectivity index (χ2v) is 6.32. The molecule has 2 rings (SSSR count). The molecule has 2 aromatic rings. The van der Waals surface area contributed by atoms with Crippen LogP contribution in [0.2, 0.25) is 5.02 Å². The van der Waals surface area contributed by atoms with Crippen molar-refractivity contribution in [1.82, 2.24) is 5.43 Å². The summed E-state index contributed by atoms with van der Waals surface area (Å²) in [5.74, 6) is 1.24. The lowest BCUT2D eigenvalue weighted by molar-refractivity contribution is 0.252. The number of anilines is 1. The highest BCUT2D eigenvalue weighted by molar-refractivity contribution is 9.10. The summed E-state index contributed by atoms with van der Waals surface area (Å²) in [4.78, 5) is 11.9. The molecule has 0 saturated carbocycles. The van der Waals surface area contributed by atoms with Crippen LogP contribution in [0.15, 0.2) is 46.0 Å². The lowest BCUT2D eigenvalue weighted by Gasteiger charge is -2.13. The van der Waals surface area contributed by atoms with Gasteiger partial charge in [0.1, 0.15) is 0 Å². The number of nitrogens with one attached hydrogen (secondary N) is 2. The molecule has 138 valence electrons. The number of carbonyl (C=O) groups excluding carboxylic acids is 1. The lowest BCUT2D eigenvalue weighted by atomic mass is 10.2. The summed E-state index contributed by atoms with van der Waals surface area (Å²) in [7, 11) is 0. The maximum Gasteiger partial charge on any atom is 0.339 e. The highest BCUT2D eigenvalue weighted by Crippen LogP contribution is 2.36. The van der Waals surface area contributed by atoms with Gasteiger partial charge in [0.05, 0.1) is 23.9 Å². The first-order valence-corrected chi connectivity index (χ1v) is 9.15. The maximum absolute atomic E-state index is 11.9. The van der Waals surface area contributed by atoms with Gasteiger partial charge in [-0.1, -0.05) is 17.7 Å². The van der Waals surface area contributed by atoms with Crippen LogP contribution >= 0.6 is 27.5 Å². The third-order valence-corrected chi connectivity index (χ3v) is 3.91. The average molecular weight is 441 g/mol. The Morgan fingerprint density at radius 1 is 1.23 bits per heavy atom. The number of amides is 2. The van der Waals surface area contributed by atoms with Crippen molar-refractivity contribution in [2.24, 2.45) is 5.10 Å². The van der Waals surface area contributed by atoms with Gasteiger partial charge in [-0.3, -0.25) is 0 Å². The average Bonchev–Trinajstić information content (AvgIpc) is 2.58. The van der Waals surface area contributed by atoms with E-state index in [1.54, 1.807) is 30.3 Å². The Morgan fingerprint density at radius 2 is 2.00 bits per heavy atom. The smallest absolute Gasteiger partial charge is 0.339 e. The topological polar surface area (TPSA) is 72.0 Å². The monoisotopic (exact) mass is 439 g/mol. The Bertz CT molecular complexity index is 799. The Balaban J connectivity index is 2.04. The molecule has 0 heterocycles. The van der Waals surface area contributed by atoms with E-state index in [1.807, 2.05) is 19.9 Å². The van der Waals surface area contributed by atoms with Gasteiger partial charge in [0.15, 0.2) is 11.5 Å². The summed E-state index contributed by atoms with van der Waals surface area (Å²) in [6.45, 7) is 4.83. The third kappa shape index (κ3) is 5.93. The molecule has 0 aromatic heterocycles. The summed E-state index contributed by atoms with van der Waals surface area (Å²) in [5.41, 5.74) is 3.72. The molecule has 0 fully saturated rings. The Hall–Kier alpha value is -2.25. The van der Waals surface area contributed by atoms with Crippen molar-refractivity contribution < 1.29 is 14.3 Å². The number of nitrogens with zero attached hydrogens (tertiary/aromatic N) is 1. The summed E-state index contributed by atoms with van der Waals surface area (Å²) in [6.07, 6.45) is 1.51. The van der Waals surface area contributed by atoms with Crippen LogP contribution in [-0.4, -0.2) is 25.5 Å². The second kappa shape index (κ2) is 10.0. The van der Waals surface area contributed by atoms with Crippen LogP contribution in [0.4, 0.5) is 10.5 Å². The summed E-state index contributed by atoms with van der Waals surface area (Å²) in [6, 6.07) is 9.98. The predicted octanol–water partition coefficient (Wildman–Crippen LogP) is 5.06. The number of hydrazone groups is 1. The summed E-state index contributed by atoms with van der Waals surface area (Å²) >= 11 is 9.34. The molecule has 2 aromatic carbocycles. The molecule has 2 N–H and O–H groups in total. The van der Waals surface area contributed by atoms with E-state index >= 15 is 0 Å². The van der Waals surface area contributed by atoms with E-state index in [-0.39, 0.29) is 0 Å². The van der Waals surface area contributed by atoms with E-state index in [4.69, 9.17) is 21.1 Å². The number of hydrogen-bond donors (Lipinski definition) is 2. The Morgan fingerprint density at radius 3 is 2.69 bits per heavy atom. The molecule has 0 unspecified atom stereocenters. The zero-order valence-corrected chi connectivity index (χ0v) is 16.7. The van der Waals surface area contributed by atoms with Crippen LogP contribution in [0, 0.1) is 0 Å². The van der Waals surface area contributed by atoms with E-state index < -0.39 is 6.03 Å². The highest BCUT2D eigenvalue weighted by Gasteiger charge is 2.11. The van der Waals surface area contributed by atoms with E-state index in [0.29, 0.717) is 35.4 Å². The van der Waals surface area contributed by atoms with Gasteiger partial charge in [-0.25, -0.2) is 10.2 Å². The predicted molar refractivity (Wildman–Crippen MR) is 108 cm³/mol. The molecule has 26 heavy (non-hydrogen) atoms.